The van der Waals surface area contributed by atoms with Gasteiger partial charge in [-0.1, -0.05) is 182 Å². The highest BCUT2D eigenvalue weighted by molar-refractivity contribution is 6.12. The van der Waals surface area contributed by atoms with E-state index in [0.29, 0.717) is 0 Å². The minimum Gasteiger partial charge on any atom is -0.455 e. The number of rotatable bonds is 7. The lowest BCUT2D eigenvalue weighted by molar-refractivity contribution is 0.670. The van der Waals surface area contributed by atoms with Crippen LogP contribution >= 0.6 is 0 Å². The van der Waals surface area contributed by atoms with Crippen molar-refractivity contribution in [1.29, 1.82) is 0 Å². The van der Waals surface area contributed by atoms with Gasteiger partial charge in [0.2, 0.25) is 0 Å². The first-order valence-corrected chi connectivity index (χ1v) is 21.2. The Morgan fingerprint density at radius 3 is 1.61 bits per heavy atom. The molecule has 0 spiro atoms. The standard InChI is InChI=1S/C60H39NO/c1-2-14-43-37-46(29-28-40(43)12-1)45-16-7-15-44(36-45)41-30-33-49(34-31-41)61(51-20-9-18-48(39-51)54-24-11-26-58-57-22-5-6-27-59(57)62-60(54)58)50-19-8-17-47(38-50)53-23-10-25-55-52-21-4-3-13-42(52)32-35-56(53)55/h1-39H. The molecule has 0 amide bonds. The second-order valence-corrected chi connectivity index (χ2v) is 16.1. The molecular formula is C60H39NO. The van der Waals surface area contributed by atoms with E-state index < -0.39 is 0 Å². The lowest BCUT2D eigenvalue weighted by Gasteiger charge is -2.27. The van der Waals surface area contributed by atoms with Crippen molar-refractivity contribution in [3.8, 4) is 44.5 Å². The third-order valence-corrected chi connectivity index (χ3v) is 12.4. The van der Waals surface area contributed by atoms with E-state index in [-0.39, 0.29) is 0 Å². The van der Waals surface area contributed by atoms with Crippen LogP contribution in [0.25, 0.3) is 98.8 Å². The third kappa shape index (κ3) is 6.20. The minimum absolute atomic E-state index is 0.897. The van der Waals surface area contributed by atoms with Crippen LogP contribution in [-0.4, -0.2) is 0 Å². The van der Waals surface area contributed by atoms with Crippen LogP contribution in [0, 0.1) is 0 Å². The predicted molar refractivity (Wildman–Crippen MR) is 263 cm³/mol. The smallest absolute Gasteiger partial charge is 0.143 e. The normalized spacial score (nSPS) is 11.5. The maximum absolute atomic E-state index is 6.53. The fourth-order valence-corrected chi connectivity index (χ4v) is 9.39. The zero-order chi connectivity index (χ0) is 41.0. The SMILES string of the molecule is c1cc(-c2ccc(N(c3cccc(-c4cccc5c4ccc4ccccc45)c3)c3cccc(-c4cccc5c4oc4ccccc45)c3)cc2)cc(-c2ccc3ccccc3c2)c1. The third-order valence-electron chi connectivity index (χ3n) is 12.4. The molecule has 0 bridgehead atoms. The number of benzene rings is 11. The molecule has 12 rings (SSSR count). The zero-order valence-electron chi connectivity index (χ0n) is 33.9. The molecule has 0 saturated carbocycles. The van der Waals surface area contributed by atoms with Crippen molar-refractivity contribution < 1.29 is 4.42 Å². The lowest BCUT2D eigenvalue weighted by Crippen LogP contribution is -2.10. The number of hydrogen-bond acceptors (Lipinski definition) is 2. The number of para-hydroxylation sites is 2. The van der Waals surface area contributed by atoms with E-state index in [0.717, 1.165) is 50.1 Å². The molecule has 2 nitrogen and oxygen atoms in total. The van der Waals surface area contributed by atoms with Crippen molar-refractivity contribution in [1.82, 2.24) is 0 Å². The largest absolute Gasteiger partial charge is 0.455 e. The molecule has 11 aromatic carbocycles. The molecule has 0 saturated heterocycles. The van der Waals surface area contributed by atoms with Gasteiger partial charge in [0.15, 0.2) is 0 Å². The fraction of sp³-hybridized carbons (Fsp3) is 0. The molecule has 0 aliphatic heterocycles. The highest BCUT2D eigenvalue weighted by Crippen LogP contribution is 2.42. The van der Waals surface area contributed by atoms with Crippen molar-refractivity contribution in [3.05, 3.63) is 237 Å². The van der Waals surface area contributed by atoms with E-state index in [1.165, 1.54) is 65.7 Å². The van der Waals surface area contributed by atoms with E-state index in [2.05, 4.69) is 229 Å². The van der Waals surface area contributed by atoms with Crippen LogP contribution in [0.4, 0.5) is 17.1 Å². The predicted octanol–water partition coefficient (Wildman–Crippen LogP) is 17.2. The van der Waals surface area contributed by atoms with Crippen molar-refractivity contribution in [2.45, 2.75) is 0 Å². The molecule has 1 aromatic heterocycles. The van der Waals surface area contributed by atoms with Crippen LogP contribution in [0.3, 0.4) is 0 Å². The van der Waals surface area contributed by atoms with Crippen LogP contribution in [0.2, 0.25) is 0 Å². The van der Waals surface area contributed by atoms with Gasteiger partial charge in [-0.15, -0.1) is 0 Å². The molecule has 0 unspecified atom stereocenters. The Morgan fingerprint density at radius 2 is 0.806 bits per heavy atom. The van der Waals surface area contributed by atoms with Gasteiger partial charge >= 0.3 is 0 Å². The molecule has 0 aliphatic carbocycles. The average molecular weight is 790 g/mol. The van der Waals surface area contributed by atoms with Crippen molar-refractivity contribution >= 4 is 71.3 Å². The van der Waals surface area contributed by atoms with Crippen LogP contribution in [-0.2, 0) is 0 Å². The summed E-state index contributed by atoms with van der Waals surface area (Å²) in [6.45, 7) is 0. The molecule has 0 fully saturated rings. The fourth-order valence-electron chi connectivity index (χ4n) is 9.39. The van der Waals surface area contributed by atoms with Crippen LogP contribution in [0.5, 0.6) is 0 Å². The number of hydrogen-bond donors (Lipinski definition) is 0. The average Bonchev–Trinajstić information content (AvgIpc) is 3.73. The first-order chi connectivity index (χ1) is 30.7. The maximum Gasteiger partial charge on any atom is 0.143 e. The van der Waals surface area contributed by atoms with E-state index >= 15 is 0 Å². The second-order valence-electron chi connectivity index (χ2n) is 16.1. The first-order valence-electron chi connectivity index (χ1n) is 21.2. The number of nitrogens with zero attached hydrogens (tertiary/aromatic N) is 1. The molecule has 0 radical (unpaired) electrons. The van der Waals surface area contributed by atoms with Crippen LogP contribution in [0.15, 0.2) is 241 Å². The monoisotopic (exact) mass is 789 g/mol. The summed E-state index contributed by atoms with van der Waals surface area (Å²) in [5.74, 6) is 0. The number of fused-ring (bicyclic) bond motifs is 7. The van der Waals surface area contributed by atoms with E-state index in [4.69, 9.17) is 4.42 Å². The summed E-state index contributed by atoms with van der Waals surface area (Å²) in [6.07, 6.45) is 0. The summed E-state index contributed by atoms with van der Waals surface area (Å²) < 4.78 is 6.53. The summed E-state index contributed by atoms with van der Waals surface area (Å²) in [6, 6.07) is 85.5. The van der Waals surface area contributed by atoms with Crippen molar-refractivity contribution in [3.63, 3.8) is 0 Å². The molecular weight excluding hydrogens is 751 g/mol. The molecule has 12 aromatic rings. The van der Waals surface area contributed by atoms with Gasteiger partial charge in [0.25, 0.3) is 0 Å². The van der Waals surface area contributed by atoms with Crippen LogP contribution < -0.4 is 4.90 Å². The lowest BCUT2D eigenvalue weighted by atomic mass is 9.94. The zero-order valence-corrected chi connectivity index (χ0v) is 33.9. The Morgan fingerprint density at radius 1 is 0.258 bits per heavy atom. The Kier molecular flexibility index (Phi) is 8.53. The number of furan rings is 1. The maximum atomic E-state index is 6.53. The van der Waals surface area contributed by atoms with Gasteiger partial charge in [-0.2, -0.15) is 0 Å². The van der Waals surface area contributed by atoms with Gasteiger partial charge in [-0.05, 0) is 126 Å². The summed E-state index contributed by atoms with van der Waals surface area (Å²) in [5.41, 5.74) is 14.3. The van der Waals surface area contributed by atoms with E-state index in [1.54, 1.807) is 0 Å². The van der Waals surface area contributed by atoms with Gasteiger partial charge in [0, 0.05) is 33.4 Å². The van der Waals surface area contributed by atoms with Gasteiger partial charge < -0.3 is 9.32 Å². The van der Waals surface area contributed by atoms with Gasteiger partial charge in [-0.3, -0.25) is 0 Å². The highest BCUT2D eigenvalue weighted by Gasteiger charge is 2.18. The van der Waals surface area contributed by atoms with Crippen molar-refractivity contribution in [2.24, 2.45) is 0 Å². The summed E-state index contributed by atoms with van der Waals surface area (Å²) in [4.78, 5) is 2.38. The van der Waals surface area contributed by atoms with Gasteiger partial charge in [0.05, 0.1) is 0 Å². The summed E-state index contributed by atoms with van der Waals surface area (Å²) in [7, 11) is 0. The molecule has 290 valence electrons. The molecule has 0 N–H and O–H groups in total. The minimum atomic E-state index is 0.897. The molecule has 0 atom stereocenters. The summed E-state index contributed by atoms with van der Waals surface area (Å²) in [5, 5.41) is 9.77. The highest BCUT2D eigenvalue weighted by atomic mass is 16.3. The molecule has 2 heteroatoms. The van der Waals surface area contributed by atoms with Crippen LogP contribution in [0.1, 0.15) is 0 Å². The second kappa shape index (κ2) is 14.8. The molecule has 62 heavy (non-hydrogen) atoms. The van der Waals surface area contributed by atoms with E-state index in [1.807, 2.05) is 12.1 Å². The van der Waals surface area contributed by atoms with Gasteiger partial charge in [-0.25, -0.2) is 0 Å². The Bertz CT molecular complexity index is 3650. The molecule has 1 heterocycles. The van der Waals surface area contributed by atoms with Gasteiger partial charge in [0.1, 0.15) is 11.2 Å². The Hall–Kier alpha value is -8.20. The Balaban J connectivity index is 0.978. The first kappa shape index (κ1) is 35.7. The van der Waals surface area contributed by atoms with E-state index in [9.17, 15) is 0 Å². The molecule has 0 aliphatic rings. The van der Waals surface area contributed by atoms with Crippen molar-refractivity contribution in [2.75, 3.05) is 4.90 Å². The Labute approximate surface area is 360 Å². The summed E-state index contributed by atoms with van der Waals surface area (Å²) >= 11 is 0. The topological polar surface area (TPSA) is 16.4 Å². The number of anilines is 3. The quantitative estimate of drug-likeness (QED) is 0.150.